The van der Waals surface area contributed by atoms with Crippen LogP contribution in [0.3, 0.4) is 0 Å². The summed E-state index contributed by atoms with van der Waals surface area (Å²) in [6, 6.07) is 8.37. The molecule has 4 nitrogen and oxygen atoms in total. The molecule has 0 aliphatic rings. The maximum absolute atomic E-state index is 4.23. The number of nitrogens with zero attached hydrogens (tertiary/aromatic N) is 3. The average molecular weight is 359 g/mol. The van der Waals surface area contributed by atoms with Crippen molar-refractivity contribution in [2.75, 3.05) is 13.1 Å². The number of rotatable bonds is 8. The highest BCUT2D eigenvalue weighted by molar-refractivity contribution is 5.25. The second-order valence-electron chi connectivity index (χ2n) is 7.93. The zero-order valence-corrected chi connectivity index (χ0v) is 17.7. The van der Waals surface area contributed by atoms with Crippen LogP contribution in [0, 0.1) is 6.92 Å². The van der Waals surface area contributed by atoms with E-state index in [4.69, 9.17) is 0 Å². The summed E-state index contributed by atoms with van der Waals surface area (Å²) in [7, 11) is 0. The number of benzene rings is 1. The zero-order chi connectivity index (χ0) is 19.4. The Hall–Kier alpha value is -1.68. The van der Waals surface area contributed by atoms with E-state index in [0.717, 1.165) is 12.2 Å². The van der Waals surface area contributed by atoms with Crippen LogP contribution in [0.4, 0.5) is 0 Å². The fourth-order valence-electron chi connectivity index (χ4n) is 2.48. The minimum absolute atomic E-state index is 0.0595. The molecule has 0 saturated heterocycles. The second kappa shape index (κ2) is 11.8. The highest BCUT2D eigenvalue weighted by atomic mass is 15.4. The summed E-state index contributed by atoms with van der Waals surface area (Å²) in [5.41, 5.74) is 3.67. The fraction of sp³-hybridized carbons (Fsp3) is 0.636. The zero-order valence-electron chi connectivity index (χ0n) is 17.7. The van der Waals surface area contributed by atoms with Crippen molar-refractivity contribution >= 4 is 0 Å². The second-order valence-corrected chi connectivity index (χ2v) is 7.93. The van der Waals surface area contributed by atoms with Crippen LogP contribution < -0.4 is 5.32 Å². The minimum atomic E-state index is 0.0595. The third kappa shape index (κ3) is 8.61. The highest BCUT2D eigenvalue weighted by Crippen LogP contribution is 2.19. The van der Waals surface area contributed by atoms with Crippen LogP contribution in [0.2, 0.25) is 0 Å². The predicted molar refractivity (Wildman–Crippen MR) is 112 cm³/mol. The van der Waals surface area contributed by atoms with Gasteiger partial charge in [0.1, 0.15) is 0 Å². The van der Waals surface area contributed by atoms with E-state index < -0.39 is 0 Å². The first-order chi connectivity index (χ1) is 12.4. The van der Waals surface area contributed by atoms with Crippen LogP contribution in [0.15, 0.2) is 30.5 Å². The van der Waals surface area contributed by atoms with E-state index in [0.29, 0.717) is 0 Å². The molecule has 0 unspecified atom stereocenters. The molecule has 26 heavy (non-hydrogen) atoms. The molecule has 4 heteroatoms. The molecule has 146 valence electrons. The van der Waals surface area contributed by atoms with Gasteiger partial charge in [-0.2, -0.15) is 0 Å². The molecular formula is C22H38N4. The first-order valence-corrected chi connectivity index (χ1v) is 10.0. The van der Waals surface area contributed by atoms with Crippen LogP contribution in [0.25, 0.3) is 0 Å². The molecule has 1 heterocycles. The Bertz CT molecular complexity index is 605. The maximum atomic E-state index is 4.23. The third-order valence-corrected chi connectivity index (χ3v) is 4.28. The molecule has 0 aliphatic heterocycles. The van der Waals surface area contributed by atoms with Crippen LogP contribution in [-0.4, -0.2) is 28.1 Å². The van der Waals surface area contributed by atoms with E-state index in [-0.39, 0.29) is 5.41 Å². The number of nitrogens with one attached hydrogen (secondary N) is 1. The molecule has 0 aliphatic carbocycles. The van der Waals surface area contributed by atoms with Gasteiger partial charge >= 0.3 is 0 Å². The number of hydrogen-bond acceptors (Lipinski definition) is 3. The van der Waals surface area contributed by atoms with Crippen molar-refractivity contribution < 1.29 is 0 Å². The smallest absolute Gasteiger partial charge is 0.0880 e. The molecule has 0 amide bonds. The Labute approximate surface area is 160 Å². The van der Waals surface area contributed by atoms with E-state index in [9.17, 15) is 0 Å². The Morgan fingerprint density at radius 3 is 2.31 bits per heavy atom. The molecule has 2 aromatic rings. The van der Waals surface area contributed by atoms with Gasteiger partial charge in [0.05, 0.1) is 12.2 Å². The Morgan fingerprint density at radius 2 is 1.73 bits per heavy atom. The van der Waals surface area contributed by atoms with E-state index in [2.05, 4.69) is 81.4 Å². The van der Waals surface area contributed by atoms with Crippen molar-refractivity contribution in [1.82, 2.24) is 20.3 Å². The molecular weight excluding hydrogens is 320 g/mol. The van der Waals surface area contributed by atoms with Crippen molar-refractivity contribution in [1.29, 1.82) is 0 Å². The molecule has 0 fully saturated rings. The lowest BCUT2D eigenvalue weighted by Gasteiger charge is -2.13. The predicted octanol–water partition coefficient (Wildman–Crippen LogP) is 5.11. The topological polar surface area (TPSA) is 42.7 Å². The van der Waals surface area contributed by atoms with Gasteiger partial charge in [0, 0.05) is 11.6 Å². The quantitative estimate of drug-likeness (QED) is 0.667. The highest BCUT2D eigenvalue weighted by Gasteiger charge is 2.17. The first-order valence-electron chi connectivity index (χ1n) is 10.0. The molecule has 1 aromatic heterocycles. The largest absolute Gasteiger partial charge is 0.317 e. The average Bonchev–Trinajstić information content (AvgIpc) is 3.07. The summed E-state index contributed by atoms with van der Waals surface area (Å²) in [4.78, 5) is 0. The molecule has 1 aromatic carbocycles. The monoisotopic (exact) mass is 358 g/mol. The Kier molecular flexibility index (Phi) is 10.2. The lowest BCUT2D eigenvalue weighted by Crippen LogP contribution is -2.15. The number of aromatic nitrogens is 3. The van der Waals surface area contributed by atoms with Crippen molar-refractivity contribution in [2.24, 2.45) is 0 Å². The summed E-state index contributed by atoms with van der Waals surface area (Å²) in [5.74, 6) is 0. The lowest BCUT2D eigenvalue weighted by molar-refractivity contribution is 0.566. The Morgan fingerprint density at radius 1 is 1.00 bits per heavy atom. The summed E-state index contributed by atoms with van der Waals surface area (Å²) in [6.07, 6.45) is 7.33. The first kappa shape index (κ1) is 22.4. The third-order valence-electron chi connectivity index (χ3n) is 4.28. The van der Waals surface area contributed by atoms with Gasteiger partial charge in [-0.25, -0.2) is 4.68 Å². The number of aryl methyl sites for hydroxylation is 1. The summed E-state index contributed by atoms with van der Waals surface area (Å²) >= 11 is 0. The molecule has 0 radical (unpaired) electrons. The van der Waals surface area contributed by atoms with Crippen LogP contribution in [0.1, 0.15) is 77.1 Å². The normalized spacial score (nSPS) is 11.2. The van der Waals surface area contributed by atoms with Gasteiger partial charge in [0.25, 0.3) is 0 Å². The standard InChI is InChI=1S/C14H19N3.C8H19N/c1-11-7-5-6-8-12(11)9-17-10-13(15-16-17)14(2,3)4;1-3-5-6-8-9-7-4-2/h5-8,10H,9H2,1-4H3;9H,3-8H2,1-2H3. The van der Waals surface area contributed by atoms with Crippen molar-refractivity contribution in [2.45, 2.75) is 79.2 Å². The van der Waals surface area contributed by atoms with Crippen LogP contribution in [-0.2, 0) is 12.0 Å². The van der Waals surface area contributed by atoms with Gasteiger partial charge in [0.15, 0.2) is 0 Å². The van der Waals surface area contributed by atoms with E-state index in [1.165, 1.54) is 49.9 Å². The summed E-state index contributed by atoms with van der Waals surface area (Å²) in [6.45, 7) is 16.2. The van der Waals surface area contributed by atoms with Gasteiger partial charge in [-0.3, -0.25) is 0 Å². The maximum Gasteiger partial charge on any atom is 0.0880 e. The minimum Gasteiger partial charge on any atom is -0.317 e. The summed E-state index contributed by atoms with van der Waals surface area (Å²) < 4.78 is 1.91. The van der Waals surface area contributed by atoms with Gasteiger partial charge in [-0.05, 0) is 44.0 Å². The van der Waals surface area contributed by atoms with E-state index >= 15 is 0 Å². The fourth-order valence-corrected chi connectivity index (χ4v) is 2.48. The van der Waals surface area contributed by atoms with Crippen LogP contribution >= 0.6 is 0 Å². The van der Waals surface area contributed by atoms with E-state index in [1.54, 1.807) is 0 Å². The molecule has 2 rings (SSSR count). The Balaban J connectivity index is 0.000000321. The summed E-state index contributed by atoms with van der Waals surface area (Å²) in [5, 5.41) is 11.8. The van der Waals surface area contributed by atoms with Gasteiger partial charge in [-0.15, -0.1) is 5.10 Å². The van der Waals surface area contributed by atoms with Crippen LogP contribution in [0.5, 0.6) is 0 Å². The molecule has 0 spiro atoms. The molecule has 1 N–H and O–H groups in total. The number of hydrogen-bond donors (Lipinski definition) is 1. The van der Waals surface area contributed by atoms with Gasteiger partial charge < -0.3 is 5.32 Å². The van der Waals surface area contributed by atoms with Crippen molar-refractivity contribution in [3.05, 3.63) is 47.3 Å². The van der Waals surface area contributed by atoms with E-state index in [1.807, 2.05) is 10.9 Å². The number of unbranched alkanes of at least 4 members (excludes halogenated alkanes) is 2. The SMILES string of the molecule is CCCCCNCCC.Cc1ccccc1Cn1cc(C(C)(C)C)nn1. The molecule has 0 saturated carbocycles. The van der Waals surface area contributed by atoms with Gasteiger partial charge in [-0.1, -0.05) is 76.9 Å². The lowest BCUT2D eigenvalue weighted by atomic mass is 9.93. The van der Waals surface area contributed by atoms with Gasteiger partial charge in [0.2, 0.25) is 0 Å². The molecule has 0 bridgehead atoms. The van der Waals surface area contributed by atoms with Crippen molar-refractivity contribution in [3.63, 3.8) is 0 Å². The van der Waals surface area contributed by atoms with Crippen molar-refractivity contribution in [3.8, 4) is 0 Å². The molecule has 0 atom stereocenters.